The molecule has 0 aliphatic carbocycles. The van der Waals surface area contributed by atoms with E-state index in [1.807, 2.05) is 42.9 Å². The summed E-state index contributed by atoms with van der Waals surface area (Å²) in [5, 5.41) is 8.03. The first kappa shape index (κ1) is 17.3. The fraction of sp³-hybridized carbons (Fsp3) is 0.158. The van der Waals surface area contributed by atoms with Crippen molar-refractivity contribution >= 4 is 17.4 Å². The standard InChI is InChI=1S/C18H17N5.CH2O2/c1-2-5-15-14(4-1)7-8-16(22-15)18-21-11-13-23(18)12-3-6-17-19-9-10-20-17;2-1-3/h1-2,4-5,7-11,13H,3,6,12H2,(H,19,20);1H,(H,2,3). The summed E-state index contributed by atoms with van der Waals surface area (Å²) in [4.78, 5) is 25.0. The van der Waals surface area contributed by atoms with E-state index in [2.05, 4.69) is 31.7 Å². The summed E-state index contributed by atoms with van der Waals surface area (Å²) in [6, 6.07) is 12.3. The van der Waals surface area contributed by atoms with Crippen LogP contribution in [0, 0.1) is 0 Å². The number of H-pyrrole nitrogens is 1. The number of pyridine rings is 1. The minimum absolute atomic E-state index is 0.250. The second kappa shape index (κ2) is 8.57. The van der Waals surface area contributed by atoms with Gasteiger partial charge >= 0.3 is 0 Å². The van der Waals surface area contributed by atoms with Crippen molar-refractivity contribution < 1.29 is 9.90 Å². The van der Waals surface area contributed by atoms with Crippen LogP contribution in [0.2, 0.25) is 0 Å². The number of aromatic amines is 1. The lowest BCUT2D eigenvalue weighted by Gasteiger charge is -2.07. The van der Waals surface area contributed by atoms with E-state index in [4.69, 9.17) is 14.9 Å². The smallest absolute Gasteiger partial charge is 0.290 e. The molecule has 0 bridgehead atoms. The molecule has 0 spiro atoms. The predicted octanol–water partition coefficient (Wildman–Crippen LogP) is 3.16. The Balaban J connectivity index is 0.000000613. The van der Waals surface area contributed by atoms with Gasteiger partial charge in [0, 0.05) is 43.1 Å². The van der Waals surface area contributed by atoms with Crippen LogP contribution in [0.25, 0.3) is 22.4 Å². The van der Waals surface area contributed by atoms with Crippen molar-refractivity contribution in [2.45, 2.75) is 19.4 Å². The summed E-state index contributed by atoms with van der Waals surface area (Å²) in [6.07, 6.45) is 9.42. The molecule has 4 rings (SSSR count). The number of nitrogens with zero attached hydrogens (tertiary/aromatic N) is 4. The minimum atomic E-state index is -0.250. The number of para-hydroxylation sites is 1. The SMILES string of the molecule is O=CO.c1ccc2nc(-c3nccn3CCCc3ncc[nH]3)ccc2c1. The molecule has 0 unspecified atom stereocenters. The summed E-state index contributed by atoms with van der Waals surface area (Å²) in [5.74, 6) is 1.94. The molecule has 4 aromatic rings. The molecule has 0 radical (unpaired) electrons. The van der Waals surface area contributed by atoms with Crippen LogP contribution >= 0.6 is 0 Å². The highest BCUT2D eigenvalue weighted by molar-refractivity contribution is 5.80. The van der Waals surface area contributed by atoms with Crippen LogP contribution in [0.3, 0.4) is 0 Å². The Morgan fingerprint density at radius 3 is 2.77 bits per heavy atom. The van der Waals surface area contributed by atoms with Gasteiger partial charge in [-0.3, -0.25) is 4.79 Å². The van der Waals surface area contributed by atoms with E-state index in [-0.39, 0.29) is 6.47 Å². The van der Waals surface area contributed by atoms with Crippen LogP contribution in [-0.2, 0) is 17.8 Å². The number of carboxylic acid groups (broad SMARTS) is 1. The fourth-order valence-corrected chi connectivity index (χ4v) is 2.76. The molecular formula is C19H19N5O2. The molecule has 0 aliphatic rings. The van der Waals surface area contributed by atoms with Crippen molar-refractivity contribution in [2.75, 3.05) is 0 Å². The van der Waals surface area contributed by atoms with Gasteiger partial charge in [0.15, 0.2) is 5.82 Å². The van der Waals surface area contributed by atoms with Gasteiger partial charge in [0.1, 0.15) is 11.5 Å². The van der Waals surface area contributed by atoms with Gasteiger partial charge in [-0.2, -0.15) is 0 Å². The van der Waals surface area contributed by atoms with Crippen LogP contribution in [0.15, 0.2) is 61.2 Å². The first-order chi connectivity index (χ1) is 12.8. The van der Waals surface area contributed by atoms with E-state index in [1.54, 1.807) is 6.20 Å². The molecule has 132 valence electrons. The lowest BCUT2D eigenvalue weighted by Crippen LogP contribution is -2.02. The van der Waals surface area contributed by atoms with Crippen molar-refractivity contribution in [2.24, 2.45) is 0 Å². The van der Waals surface area contributed by atoms with E-state index < -0.39 is 0 Å². The number of aryl methyl sites for hydroxylation is 2. The Labute approximate surface area is 150 Å². The summed E-state index contributed by atoms with van der Waals surface area (Å²) in [6.45, 7) is 0.643. The number of hydrogen-bond acceptors (Lipinski definition) is 4. The van der Waals surface area contributed by atoms with Crippen molar-refractivity contribution in [3.8, 4) is 11.5 Å². The number of hydrogen-bond donors (Lipinski definition) is 2. The highest BCUT2D eigenvalue weighted by Gasteiger charge is 2.08. The number of imidazole rings is 2. The largest absolute Gasteiger partial charge is 0.483 e. The number of benzene rings is 1. The van der Waals surface area contributed by atoms with Crippen molar-refractivity contribution in [3.63, 3.8) is 0 Å². The number of aromatic nitrogens is 5. The quantitative estimate of drug-likeness (QED) is 0.540. The van der Waals surface area contributed by atoms with Crippen LogP contribution in [0.1, 0.15) is 12.2 Å². The van der Waals surface area contributed by atoms with Crippen LogP contribution in [0.5, 0.6) is 0 Å². The molecule has 1 aromatic carbocycles. The van der Waals surface area contributed by atoms with Crippen LogP contribution < -0.4 is 0 Å². The van der Waals surface area contributed by atoms with E-state index in [9.17, 15) is 0 Å². The maximum absolute atomic E-state index is 8.36. The number of nitrogens with one attached hydrogen (secondary N) is 1. The van der Waals surface area contributed by atoms with Gasteiger partial charge in [-0.1, -0.05) is 24.3 Å². The summed E-state index contributed by atoms with van der Waals surface area (Å²) >= 11 is 0. The molecule has 0 aliphatic heterocycles. The summed E-state index contributed by atoms with van der Waals surface area (Å²) in [5.41, 5.74) is 1.90. The molecule has 26 heavy (non-hydrogen) atoms. The lowest BCUT2D eigenvalue weighted by atomic mass is 10.2. The molecule has 0 fully saturated rings. The average Bonchev–Trinajstić information content (AvgIpc) is 3.34. The normalized spacial score (nSPS) is 10.3. The van der Waals surface area contributed by atoms with Crippen molar-refractivity contribution in [1.29, 1.82) is 0 Å². The minimum Gasteiger partial charge on any atom is -0.483 e. The highest BCUT2D eigenvalue weighted by Crippen LogP contribution is 2.20. The van der Waals surface area contributed by atoms with Gasteiger partial charge in [0.05, 0.1) is 5.52 Å². The molecule has 7 heteroatoms. The molecule has 2 N–H and O–H groups in total. The zero-order chi connectivity index (χ0) is 18.2. The third-order valence-corrected chi connectivity index (χ3v) is 3.91. The molecule has 7 nitrogen and oxygen atoms in total. The molecular weight excluding hydrogens is 330 g/mol. The first-order valence-electron chi connectivity index (χ1n) is 8.25. The van der Waals surface area contributed by atoms with Crippen LogP contribution in [0.4, 0.5) is 0 Å². The third kappa shape index (κ3) is 4.13. The molecule has 3 aromatic heterocycles. The fourth-order valence-electron chi connectivity index (χ4n) is 2.76. The van der Waals surface area contributed by atoms with E-state index in [0.29, 0.717) is 0 Å². The number of fused-ring (bicyclic) bond motifs is 1. The van der Waals surface area contributed by atoms with Gasteiger partial charge in [-0.05, 0) is 18.6 Å². The Morgan fingerprint density at radius 1 is 1.12 bits per heavy atom. The first-order valence-corrected chi connectivity index (χ1v) is 8.25. The zero-order valence-corrected chi connectivity index (χ0v) is 14.1. The third-order valence-electron chi connectivity index (χ3n) is 3.91. The molecule has 0 saturated carbocycles. The van der Waals surface area contributed by atoms with Crippen molar-refractivity contribution in [1.82, 2.24) is 24.5 Å². The highest BCUT2D eigenvalue weighted by atomic mass is 16.3. The zero-order valence-electron chi connectivity index (χ0n) is 14.1. The predicted molar refractivity (Wildman–Crippen MR) is 98.6 cm³/mol. The molecule has 0 saturated heterocycles. The van der Waals surface area contributed by atoms with Crippen LogP contribution in [-0.4, -0.2) is 36.1 Å². The van der Waals surface area contributed by atoms with Gasteiger partial charge in [-0.15, -0.1) is 0 Å². The maximum atomic E-state index is 8.36. The Morgan fingerprint density at radius 2 is 1.96 bits per heavy atom. The summed E-state index contributed by atoms with van der Waals surface area (Å²) < 4.78 is 2.15. The Bertz CT molecular complexity index is 963. The molecule has 0 atom stereocenters. The van der Waals surface area contributed by atoms with Gasteiger partial charge in [0.25, 0.3) is 6.47 Å². The van der Waals surface area contributed by atoms with E-state index in [0.717, 1.165) is 47.6 Å². The number of carbonyl (C=O) groups is 1. The Kier molecular flexibility index (Phi) is 5.72. The molecule has 0 amide bonds. The Hall–Kier alpha value is -3.48. The van der Waals surface area contributed by atoms with Gasteiger partial charge in [0.2, 0.25) is 0 Å². The molecule has 3 heterocycles. The number of rotatable bonds is 5. The summed E-state index contributed by atoms with van der Waals surface area (Å²) in [7, 11) is 0. The van der Waals surface area contributed by atoms with Crippen molar-refractivity contribution in [3.05, 3.63) is 67.0 Å². The maximum Gasteiger partial charge on any atom is 0.290 e. The van der Waals surface area contributed by atoms with Gasteiger partial charge < -0.3 is 14.7 Å². The second-order valence-electron chi connectivity index (χ2n) is 5.58. The van der Waals surface area contributed by atoms with Gasteiger partial charge in [-0.25, -0.2) is 15.0 Å². The van der Waals surface area contributed by atoms with E-state index >= 15 is 0 Å². The monoisotopic (exact) mass is 349 g/mol. The average molecular weight is 349 g/mol. The lowest BCUT2D eigenvalue weighted by molar-refractivity contribution is -0.122. The second-order valence-corrected chi connectivity index (χ2v) is 5.58. The topological polar surface area (TPSA) is 96.7 Å². The van der Waals surface area contributed by atoms with E-state index in [1.165, 1.54) is 0 Å².